The van der Waals surface area contributed by atoms with Crippen LogP contribution in [0.4, 0.5) is 0 Å². The normalized spacial score (nSPS) is 10.8. The van der Waals surface area contributed by atoms with E-state index in [0.29, 0.717) is 0 Å². The van der Waals surface area contributed by atoms with Crippen LogP contribution in [0.5, 0.6) is 0 Å². The van der Waals surface area contributed by atoms with Crippen LogP contribution in [0.15, 0.2) is 60.7 Å². The Hall–Kier alpha value is -0.522. The summed E-state index contributed by atoms with van der Waals surface area (Å²) in [5, 5.41) is 0.224. The maximum absolute atomic E-state index is 5.50. The average Bonchev–Trinajstić information content (AvgIpc) is 2.47. The molecule has 2 aromatic carbocycles. The van der Waals surface area contributed by atoms with Crippen LogP contribution in [-0.2, 0) is 40.1 Å². The first kappa shape index (κ1) is 19.5. The molecule has 0 fully saturated rings. The maximum atomic E-state index is 5.50. The molecule has 0 saturated heterocycles. The van der Waals surface area contributed by atoms with Crippen LogP contribution in [0.2, 0.25) is 0 Å². The Bertz CT molecular complexity index is 428. The van der Waals surface area contributed by atoms with Crippen LogP contribution in [0, 0.1) is 6.92 Å². The first-order chi connectivity index (χ1) is 9.27. The van der Waals surface area contributed by atoms with Gasteiger partial charge in [0, 0.05) is 21.1 Å². The fourth-order valence-electron chi connectivity index (χ4n) is 1.78. The summed E-state index contributed by atoms with van der Waals surface area (Å²) < 4.78 is 0. The molecule has 0 aromatic heterocycles. The summed E-state index contributed by atoms with van der Waals surface area (Å²) >= 11 is 5.50. The molecule has 0 aliphatic carbocycles. The fourth-order valence-corrected chi connectivity index (χ4v) is 2.05. The standard InChI is InChI=1S/C15H16S.C3H7.Pt/c16-15(14-9-5-2-6-10-14)12-11-13-7-3-1-4-8-13;1-3-2;/h1-10,15-16H,11-12H2;1,3H2,2H3;/p-1. The largest absolute Gasteiger partial charge is 0.785 e. The molecule has 0 N–H and O–H groups in total. The molecule has 0 aliphatic rings. The van der Waals surface area contributed by atoms with Crippen molar-refractivity contribution >= 4 is 12.6 Å². The van der Waals surface area contributed by atoms with Crippen LogP contribution in [-0.4, -0.2) is 0 Å². The molecule has 1 unspecified atom stereocenters. The quantitative estimate of drug-likeness (QED) is 0.564. The third-order valence-corrected chi connectivity index (χ3v) is 3.22. The molecule has 2 aromatic rings. The van der Waals surface area contributed by atoms with Crippen LogP contribution < -0.4 is 0 Å². The Morgan fingerprint density at radius 2 is 1.40 bits per heavy atom. The summed E-state index contributed by atoms with van der Waals surface area (Å²) in [5.74, 6) is 0. The molecule has 1 radical (unpaired) electrons. The molecule has 0 aliphatic heterocycles. The molecule has 2 rings (SSSR count). The van der Waals surface area contributed by atoms with Gasteiger partial charge in [0.1, 0.15) is 0 Å². The topological polar surface area (TPSA) is 0 Å². The van der Waals surface area contributed by atoms with Crippen molar-refractivity contribution in [2.45, 2.75) is 31.4 Å². The van der Waals surface area contributed by atoms with E-state index in [1.165, 1.54) is 11.1 Å². The van der Waals surface area contributed by atoms with Gasteiger partial charge in [-0.05, 0) is 12.0 Å². The van der Waals surface area contributed by atoms with Gasteiger partial charge in [-0.15, -0.1) is 5.25 Å². The van der Waals surface area contributed by atoms with E-state index >= 15 is 0 Å². The molecule has 20 heavy (non-hydrogen) atoms. The number of hydrogen-bond acceptors (Lipinski definition) is 1. The number of benzene rings is 2. The zero-order valence-corrected chi connectivity index (χ0v) is 15.0. The van der Waals surface area contributed by atoms with E-state index < -0.39 is 0 Å². The predicted molar refractivity (Wildman–Crippen MR) is 87.0 cm³/mol. The van der Waals surface area contributed by atoms with Gasteiger partial charge in [-0.1, -0.05) is 92.9 Å². The van der Waals surface area contributed by atoms with E-state index in [1.54, 1.807) is 0 Å². The van der Waals surface area contributed by atoms with E-state index in [1.807, 2.05) is 19.1 Å². The molecule has 0 spiro atoms. The Kier molecular flexibility index (Phi) is 11.9. The monoisotopic (exact) mass is 465 g/mol. The van der Waals surface area contributed by atoms with E-state index in [4.69, 9.17) is 12.6 Å². The first-order valence-corrected chi connectivity index (χ1v) is 7.29. The van der Waals surface area contributed by atoms with Crippen molar-refractivity contribution in [2.75, 3.05) is 0 Å². The number of rotatable bonds is 4. The van der Waals surface area contributed by atoms with Crippen LogP contribution in [0.25, 0.3) is 0 Å². The molecule has 111 valence electrons. The van der Waals surface area contributed by atoms with Crippen LogP contribution >= 0.6 is 0 Å². The van der Waals surface area contributed by atoms with Gasteiger partial charge in [-0.2, -0.15) is 0 Å². The van der Waals surface area contributed by atoms with Crippen LogP contribution in [0.1, 0.15) is 36.1 Å². The molecule has 0 saturated carbocycles. The SMILES string of the molecule is [CH2]CC.[Pt].[S-]C(CCc1ccccc1)c1ccccc1. The van der Waals surface area contributed by atoms with Crippen molar-refractivity contribution < 1.29 is 21.1 Å². The molecule has 0 bridgehead atoms. The average molecular weight is 466 g/mol. The van der Waals surface area contributed by atoms with E-state index in [9.17, 15) is 0 Å². The Labute approximate surface area is 143 Å². The van der Waals surface area contributed by atoms with Gasteiger partial charge in [0.15, 0.2) is 0 Å². The maximum Gasteiger partial charge on any atom is 0 e. The summed E-state index contributed by atoms with van der Waals surface area (Å²) in [7, 11) is 0. The Balaban J connectivity index is 0.000000830. The van der Waals surface area contributed by atoms with Crippen molar-refractivity contribution in [3.63, 3.8) is 0 Å². The van der Waals surface area contributed by atoms with Gasteiger partial charge < -0.3 is 12.6 Å². The van der Waals surface area contributed by atoms with Gasteiger partial charge in [0.25, 0.3) is 0 Å². The van der Waals surface area contributed by atoms with E-state index in [-0.39, 0.29) is 26.3 Å². The second-order valence-electron chi connectivity index (χ2n) is 4.42. The molecule has 0 nitrogen and oxygen atoms in total. The summed E-state index contributed by atoms with van der Waals surface area (Å²) in [6, 6.07) is 20.9. The summed E-state index contributed by atoms with van der Waals surface area (Å²) in [4.78, 5) is 0. The van der Waals surface area contributed by atoms with Crippen molar-refractivity contribution in [1.82, 2.24) is 0 Å². The van der Waals surface area contributed by atoms with Gasteiger partial charge >= 0.3 is 0 Å². The van der Waals surface area contributed by atoms with Crippen molar-refractivity contribution in [1.29, 1.82) is 0 Å². The van der Waals surface area contributed by atoms with Gasteiger partial charge in [-0.3, -0.25) is 0 Å². The van der Waals surface area contributed by atoms with Crippen LogP contribution in [0.3, 0.4) is 0 Å². The minimum absolute atomic E-state index is 0. The number of aryl methyl sites for hydroxylation is 1. The van der Waals surface area contributed by atoms with E-state index in [2.05, 4.69) is 55.5 Å². The van der Waals surface area contributed by atoms with Gasteiger partial charge in [-0.25, -0.2) is 0 Å². The Morgan fingerprint density at radius 3 is 1.90 bits per heavy atom. The summed E-state index contributed by atoms with van der Waals surface area (Å²) in [6.45, 7) is 5.50. The first-order valence-electron chi connectivity index (χ1n) is 6.81. The fraction of sp³-hybridized carbons (Fsp3) is 0.278. The third kappa shape index (κ3) is 7.92. The second-order valence-corrected chi connectivity index (χ2v) is 4.99. The zero-order chi connectivity index (χ0) is 13.9. The molecular formula is C18H22PtS-. The van der Waals surface area contributed by atoms with Crippen molar-refractivity contribution in [3.8, 4) is 0 Å². The third-order valence-electron chi connectivity index (χ3n) is 2.71. The van der Waals surface area contributed by atoms with E-state index in [0.717, 1.165) is 19.3 Å². The minimum Gasteiger partial charge on any atom is -0.785 e. The second kappa shape index (κ2) is 12.2. The van der Waals surface area contributed by atoms with Gasteiger partial charge in [0.05, 0.1) is 0 Å². The predicted octanol–water partition coefficient (Wildman–Crippen LogP) is 5.14. The van der Waals surface area contributed by atoms with Gasteiger partial charge in [0.2, 0.25) is 0 Å². The minimum atomic E-state index is 0. The molecule has 0 amide bonds. The summed E-state index contributed by atoms with van der Waals surface area (Å²) in [5.41, 5.74) is 2.63. The molecule has 2 heteroatoms. The number of hydrogen-bond donors (Lipinski definition) is 0. The Morgan fingerprint density at radius 1 is 0.950 bits per heavy atom. The smallest absolute Gasteiger partial charge is 0 e. The molecule has 0 heterocycles. The molecular weight excluding hydrogens is 443 g/mol. The van der Waals surface area contributed by atoms with Crippen molar-refractivity contribution in [3.05, 3.63) is 78.7 Å². The van der Waals surface area contributed by atoms with Crippen molar-refractivity contribution in [2.24, 2.45) is 0 Å². The zero-order valence-electron chi connectivity index (χ0n) is 11.9. The summed E-state index contributed by atoms with van der Waals surface area (Å²) in [6.07, 6.45) is 3.09. The molecule has 1 atom stereocenters.